The van der Waals surface area contributed by atoms with Gasteiger partial charge in [-0.15, -0.1) is 0 Å². The molecule has 608 valence electrons. The van der Waals surface area contributed by atoms with Crippen molar-refractivity contribution in [3.63, 3.8) is 0 Å². The van der Waals surface area contributed by atoms with Gasteiger partial charge in [-0.25, -0.2) is 9.13 Å². The third-order valence-electron chi connectivity index (χ3n) is 18.0. The van der Waals surface area contributed by atoms with E-state index in [1.165, 1.54) is 167 Å². The normalized spacial score (nSPS) is 14.5. The monoisotopic (exact) mass is 1520 g/mol. The van der Waals surface area contributed by atoms with Gasteiger partial charge in [0.2, 0.25) is 0 Å². The van der Waals surface area contributed by atoms with Crippen LogP contribution in [0.4, 0.5) is 0 Å². The Bertz CT molecular complexity index is 2340. The van der Waals surface area contributed by atoms with Gasteiger partial charge >= 0.3 is 33.6 Å². The molecule has 0 aromatic heterocycles. The zero-order valence-electron chi connectivity index (χ0n) is 66.6. The number of allylic oxidation sites excluding steroid dienone is 18. The van der Waals surface area contributed by atoms with Crippen LogP contribution in [-0.2, 0) is 55.8 Å². The molecule has 0 heterocycles. The lowest BCUT2D eigenvalue weighted by Gasteiger charge is -2.21. The van der Waals surface area contributed by atoms with Gasteiger partial charge in [-0.05, 0) is 109 Å². The molecular weight excluding hydrogens is 1360 g/mol. The van der Waals surface area contributed by atoms with Crippen LogP contribution in [0.15, 0.2) is 109 Å². The molecule has 4 N–H and O–H groups in total. The number of esters is 3. The number of phosphoric acid groups is 2. The number of ether oxygens (including phenoxy) is 3. The van der Waals surface area contributed by atoms with Crippen LogP contribution in [0.5, 0.6) is 0 Å². The summed E-state index contributed by atoms with van der Waals surface area (Å²) in [5, 5.41) is 20.6. The van der Waals surface area contributed by atoms with Gasteiger partial charge in [0.1, 0.15) is 25.4 Å². The van der Waals surface area contributed by atoms with Crippen LogP contribution >= 0.6 is 15.6 Å². The number of aliphatic hydroxyl groups is 2. The van der Waals surface area contributed by atoms with Gasteiger partial charge < -0.3 is 34.2 Å². The van der Waals surface area contributed by atoms with Gasteiger partial charge in [0, 0.05) is 19.3 Å². The minimum absolute atomic E-state index is 0.105. The smallest absolute Gasteiger partial charge is 0.463 e. The molecule has 0 fully saturated rings. The third-order valence-corrected chi connectivity index (χ3v) is 19.9. The van der Waals surface area contributed by atoms with E-state index in [4.69, 9.17) is 32.3 Å². The summed E-state index contributed by atoms with van der Waals surface area (Å²) in [7, 11) is -9.78. The van der Waals surface area contributed by atoms with Crippen LogP contribution < -0.4 is 0 Å². The Morgan fingerprint density at radius 3 is 0.819 bits per heavy atom. The van der Waals surface area contributed by atoms with E-state index in [9.17, 15) is 43.5 Å². The van der Waals surface area contributed by atoms with Crippen molar-refractivity contribution >= 4 is 33.6 Å². The summed E-state index contributed by atoms with van der Waals surface area (Å²) in [6.45, 7) is 2.56. The first-order valence-electron chi connectivity index (χ1n) is 42.2. The number of hydrogen-bond acceptors (Lipinski definition) is 14. The number of carbonyl (C=O) groups is 3. The Hall–Kier alpha value is -3.79. The quantitative estimate of drug-likeness (QED) is 0.0146. The Labute approximate surface area is 640 Å². The maximum atomic E-state index is 12.9. The van der Waals surface area contributed by atoms with Crippen molar-refractivity contribution < 1.29 is 75.8 Å². The van der Waals surface area contributed by atoms with E-state index < -0.39 is 91.5 Å². The highest BCUT2D eigenvalue weighted by atomic mass is 31.2. The lowest BCUT2D eigenvalue weighted by molar-refractivity contribution is -0.161. The maximum absolute atomic E-state index is 12.9. The van der Waals surface area contributed by atoms with Crippen LogP contribution in [0.25, 0.3) is 0 Å². The molecule has 0 aliphatic rings. The van der Waals surface area contributed by atoms with Crippen LogP contribution in [-0.4, -0.2) is 95.9 Å². The summed E-state index contributed by atoms with van der Waals surface area (Å²) in [6.07, 6.45) is 94.5. The molecular formula is C87H154O16P2. The predicted octanol–water partition coefficient (Wildman–Crippen LogP) is 25.1. The number of unbranched alkanes of at least 4 members (excludes halogenated alkanes) is 39. The maximum Gasteiger partial charge on any atom is 0.472 e. The second kappa shape index (κ2) is 79.8. The van der Waals surface area contributed by atoms with Crippen LogP contribution in [0.3, 0.4) is 0 Å². The number of carbonyl (C=O) groups excluding carboxylic acids is 3. The molecule has 105 heavy (non-hydrogen) atoms. The molecule has 0 rings (SSSR count). The molecule has 0 saturated carbocycles. The Morgan fingerprint density at radius 2 is 0.505 bits per heavy atom. The van der Waals surface area contributed by atoms with Crippen LogP contribution in [0.1, 0.15) is 367 Å². The predicted molar refractivity (Wildman–Crippen MR) is 436 cm³/mol. The average molecular weight is 1520 g/mol. The second-order valence-corrected chi connectivity index (χ2v) is 31.2. The van der Waals surface area contributed by atoms with Gasteiger partial charge in [0.15, 0.2) is 6.10 Å². The minimum Gasteiger partial charge on any atom is -0.463 e. The Morgan fingerprint density at radius 1 is 0.276 bits per heavy atom. The van der Waals surface area contributed by atoms with E-state index in [2.05, 4.69) is 130 Å². The van der Waals surface area contributed by atoms with E-state index in [1.54, 1.807) is 0 Å². The topological polar surface area (TPSA) is 231 Å². The Balaban J connectivity index is 4.33. The van der Waals surface area contributed by atoms with Crippen molar-refractivity contribution in [2.24, 2.45) is 0 Å². The zero-order valence-corrected chi connectivity index (χ0v) is 68.4. The summed E-state index contributed by atoms with van der Waals surface area (Å²) in [6, 6.07) is 0. The summed E-state index contributed by atoms with van der Waals surface area (Å²) in [5.41, 5.74) is 0. The van der Waals surface area contributed by atoms with Crippen molar-refractivity contribution in [3.8, 4) is 0 Å². The van der Waals surface area contributed by atoms with E-state index in [0.717, 1.165) is 141 Å². The average Bonchev–Trinajstić information content (AvgIpc) is 0.918. The van der Waals surface area contributed by atoms with Gasteiger partial charge in [-0.2, -0.15) is 0 Å². The van der Waals surface area contributed by atoms with Gasteiger partial charge in [0.25, 0.3) is 0 Å². The number of aliphatic hydroxyl groups excluding tert-OH is 2. The van der Waals surface area contributed by atoms with Crippen molar-refractivity contribution in [1.82, 2.24) is 0 Å². The first kappa shape index (κ1) is 101. The molecule has 5 unspecified atom stereocenters. The summed E-state index contributed by atoms with van der Waals surface area (Å²) in [5.74, 6) is -1.57. The first-order valence-corrected chi connectivity index (χ1v) is 45.2. The molecule has 0 bridgehead atoms. The molecule has 0 aromatic carbocycles. The van der Waals surface area contributed by atoms with E-state index in [0.29, 0.717) is 19.3 Å². The van der Waals surface area contributed by atoms with Crippen LogP contribution in [0.2, 0.25) is 0 Å². The lowest BCUT2D eigenvalue weighted by atomic mass is 10.0. The molecule has 0 aromatic rings. The number of phosphoric ester groups is 2. The summed E-state index contributed by atoms with van der Waals surface area (Å²) < 4.78 is 61.1. The molecule has 0 aliphatic carbocycles. The fourth-order valence-electron chi connectivity index (χ4n) is 11.6. The molecule has 5 atom stereocenters. The molecule has 0 amide bonds. The minimum atomic E-state index is -4.93. The number of hydrogen-bond donors (Lipinski definition) is 4. The first-order chi connectivity index (χ1) is 51.2. The summed E-state index contributed by atoms with van der Waals surface area (Å²) in [4.78, 5) is 58.6. The van der Waals surface area contributed by atoms with Crippen molar-refractivity contribution in [2.45, 2.75) is 386 Å². The van der Waals surface area contributed by atoms with Gasteiger partial charge in [-0.3, -0.25) is 32.5 Å². The lowest BCUT2D eigenvalue weighted by Crippen LogP contribution is -2.30. The highest BCUT2D eigenvalue weighted by molar-refractivity contribution is 7.47. The zero-order chi connectivity index (χ0) is 76.6. The van der Waals surface area contributed by atoms with Crippen molar-refractivity contribution in [2.75, 3.05) is 39.6 Å². The molecule has 0 aliphatic heterocycles. The molecule has 16 nitrogen and oxygen atoms in total. The second-order valence-electron chi connectivity index (χ2n) is 28.3. The largest absolute Gasteiger partial charge is 0.472 e. The fraction of sp³-hybridized carbons (Fsp3) is 0.759. The highest BCUT2D eigenvalue weighted by Crippen LogP contribution is 2.45. The van der Waals surface area contributed by atoms with E-state index in [1.807, 2.05) is 0 Å². The molecule has 0 saturated heterocycles. The standard InChI is InChI=1S/C87H154O16P2/c1-4-7-10-13-16-19-22-24-26-28-30-32-34-35-36-37-38-39-40-41-42-43-44-45-47-49-50-52-54-56-59-61-64-67-70-73-85(90)97-76-82(88)77-99-104(93,94)100-78-83(89)79-101-105(95,96)102-81-84(103-87(92)75-72-69-66-63-58-21-18-15-12-9-6-3)80-98-86(91)74-71-68-65-62-60-57-55-53-51-48-46-33-31-29-27-25-23-20-17-14-11-8-5-2/h7,10,16-17,19-20,24-27,30-33,35-36,48,51,82-84,88-89H,4-6,8-9,11-15,18,21-23,28-29,34,37-47,49-50,52-81H2,1-3H3,(H,93,94)(H,95,96)/b10-7-,19-16-,20-17-,26-24-,27-25-,32-30-,33-31-,36-35-,51-48-. The summed E-state index contributed by atoms with van der Waals surface area (Å²) >= 11 is 0. The van der Waals surface area contributed by atoms with E-state index >= 15 is 0 Å². The molecule has 0 radical (unpaired) electrons. The highest BCUT2D eigenvalue weighted by Gasteiger charge is 2.29. The molecule has 18 heteroatoms. The number of rotatable bonds is 80. The Kier molecular flexibility index (Phi) is 76.9. The fourth-order valence-corrected chi connectivity index (χ4v) is 13.2. The SMILES string of the molecule is CC/C=C\C/C=C\C/C=C\C/C=C\C/C=C\CCCCCCCCCCCCCCCCCCCCCC(=O)OCC(O)COP(=O)(O)OCC(O)COP(=O)(O)OCC(COC(=O)CCCCCCCCC/C=C\C/C=C\C/C=C\C/C=C\CCCCC)OC(=O)CCCCCCCCCCCCC. The van der Waals surface area contributed by atoms with Gasteiger partial charge in [0.05, 0.1) is 26.4 Å². The van der Waals surface area contributed by atoms with Crippen LogP contribution in [0, 0.1) is 0 Å². The molecule has 0 spiro atoms. The van der Waals surface area contributed by atoms with E-state index in [-0.39, 0.29) is 19.3 Å². The van der Waals surface area contributed by atoms with Crippen molar-refractivity contribution in [3.05, 3.63) is 109 Å². The van der Waals surface area contributed by atoms with Gasteiger partial charge in [-0.1, -0.05) is 348 Å². The third kappa shape index (κ3) is 81.0. The van der Waals surface area contributed by atoms with Crippen molar-refractivity contribution in [1.29, 1.82) is 0 Å².